The molecule has 1 amide bonds. The molecule has 0 saturated heterocycles. The number of hydrogen-bond donors (Lipinski definition) is 1. The van der Waals surface area contributed by atoms with Crippen LogP contribution in [0, 0.1) is 6.92 Å². The van der Waals surface area contributed by atoms with Crippen LogP contribution in [-0.2, 0) is 4.79 Å². The highest BCUT2D eigenvalue weighted by Crippen LogP contribution is 2.27. The summed E-state index contributed by atoms with van der Waals surface area (Å²) in [5, 5.41) is 10.9. The van der Waals surface area contributed by atoms with Crippen molar-refractivity contribution in [2.45, 2.75) is 24.3 Å². The molecule has 0 unspecified atom stereocenters. The molecule has 0 fully saturated rings. The van der Waals surface area contributed by atoms with Crippen LogP contribution in [-0.4, -0.2) is 28.5 Å². The number of aryl methyl sites for hydroxylation is 1. The Bertz CT molecular complexity index is 910. The van der Waals surface area contributed by atoms with Crippen LogP contribution in [0.3, 0.4) is 0 Å². The van der Waals surface area contributed by atoms with E-state index in [0.29, 0.717) is 22.6 Å². The summed E-state index contributed by atoms with van der Waals surface area (Å²) < 4.78 is 10.8. The smallest absolute Gasteiger partial charge is 0.277 e. The average molecular weight is 369 g/mol. The number of nitrogens with one attached hydrogen (secondary N) is 1. The number of anilines is 1. The van der Waals surface area contributed by atoms with Gasteiger partial charge in [-0.15, -0.1) is 10.2 Å². The third-order valence-corrected chi connectivity index (χ3v) is 4.59. The lowest BCUT2D eigenvalue weighted by molar-refractivity contribution is -0.115. The third kappa shape index (κ3) is 4.43. The summed E-state index contributed by atoms with van der Waals surface area (Å²) in [6.07, 6.45) is 0. The van der Waals surface area contributed by atoms with Gasteiger partial charge in [-0.2, -0.15) is 0 Å². The van der Waals surface area contributed by atoms with Crippen LogP contribution in [0.15, 0.2) is 58.2 Å². The van der Waals surface area contributed by atoms with Crippen molar-refractivity contribution in [2.24, 2.45) is 0 Å². The van der Waals surface area contributed by atoms with Crippen molar-refractivity contribution < 1.29 is 13.9 Å². The third-order valence-electron chi connectivity index (χ3n) is 3.66. The maximum Gasteiger partial charge on any atom is 0.277 e. The monoisotopic (exact) mass is 369 g/mol. The molecular formula is C19H19N3O3S. The molecule has 1 N–H and O–H groups in total. The number of methoxy groups -OCH3 is 1. The van der Waals surface area contributed by atoms with E-state index in [-0.39, 0.29) is 5.91 Å². The van der Waals surface area contributed by atoms with Gasteiger partial charge in [0.2, 0.25) is 11.8 Å². The molecule has 7 heteroatoms. The highest BCUT2D eigenvalue weighted by atomic mass is 32.2. The first-order valence-electron chi connectivity index (χ1n) is 8.07. The van der Waals surface area contributed by atoms with Gasteiger partial charge in [-0.05, 0) is 38.1 Å². The Morgan fingerprint density at radius 1 is 1.19 bits per heavy atom. The van der Waals surface area contributed by atoms with Crippen LogP contribution in [0.25, 0.3) is 11.5 Å². The van der Waals surface area contributed by atoms with Gasteiger partial charge in [0.1, 0.15) is 5.75 Å². The maximum absolute atomic E-state index is 12.4. The predicted molar refractivity (Wildman–Crippen MR) is 101 cm³/mol. The topological polar surface area (TPSA) is 77.2 Å². The molecular weight excluding hydrogens is 350 g/mol. The van der Waals surface area contributed by atoms with Crippen LogP contribution < -0.4 is 10.1 Å². The highest BCUT2D eigenvalue weighted by Gasteiger charge is 2.19. The number of aromatic nitrogens is 2. The number of amides is 1. The van der Waals surface area contributed by atoms with Gasteiger partial charge in [0.05, 0.1) is 12.4 Å². The molecule has 26 heavy (non-hydrogen) atoms. The Labute approximate surface area is 156 Å². The minimum Gasteiger partial charge on any atom is -0.497 e. The van der Waals surface area contributed by atoms with Gasteiger partial charge in [0.25, 0.3) is 5.22 Å². The van der Waals surface area contributed by atoms with E-state index in [4.69, 9.17) is 9.15 Å². The van der Waals surface area contributed by atoms with E-state index in [9.17, 15) is 4.79 Å². The van der Waals surface area contributed by atoms with Crippen molar-refractivity contribution in [1.29, 1.82) is 0 Å². The largest absolute Gasteiger partial charge is 0.497 e. The van der Waals surface area contributed by atoms with E-state index in [1.807, 2.05) is 43.3 Å². The van der Waals surface area contributed by atoms with Gasteiger partial charge < -0.3 is 14.5 Å². The van der Waals surface area contributed by atoms with Crippen molar-refractivity contribution in [3.63, 3.8) is 0 Å². The van der Waals surface area contributed by atoms with Crippen LogP contribution >= 0.6 is 11.8 Å². The molecule has 1 aromatic heterocycles. The summed E-state index contributed by atoms with van der Waals surface area (Å²) in [7, 11) is 1.58. The maximum atomic E-state index is 12.4. The Balaban J connectivity index is 1.64. The molecule has 0 aliphatic heterocycles. The van der Waals surface area contributed by atoms with Crippen molar-refractivity contribution in [2.75, 3.05) is 12.4 Å². The van der Waals surface area contributed by atoms with Crippen molar-refractivity contribution >= 4 is 23.4 Å². The van der Waals surface area contributed by atoms with Gasteiger partial charge in [-0.1, -0.05) is 35.5 Å². The number of hydrogen-bond acceptors (Lipinski definition) is 6. The summed E-state index contributed by atoms with van der Waals surface area (Å²) in [4.78, 5) is 12.4. The second kappa shape index (κ2) is 8.05. The van der Waals surface area contributed by atoms with Crippen LogP contribution in [0.4, 0.5) is 5.69 Å². The first-order chi connectivity index (χ1) is 12.5. The lowest BCUT2D eigenvalue weighted by Crippen LogP contribution is -2.22. The van der Waals surface area contributed by atoms with E-state index in [1.54, 1.807) is 26.2 Å². The number of benzene rings is 2. The van der Waals surface area contributed by atoms with Crippen molar-refractivity contribution in [1.82, 2.24) is 10.2 Å². The summed E-state index contributed by atoms with van der Waals surface area (Å²) >= 11 is 1.22. The Kier molecular flexibility index (Phi) is 5.58. The molecule has 0 aliphatic rings. The number of carbonyl (C=O) groups is 1. The number of rotatable bonds is 6. The van der Waals surface area contributed by atoms with E-state index in [1.165, 1.54) is 11.8 Å². The van der Waals surface area contributed by atoms with Gasteiger partial charge >= 0.3 is 0 Å². The molecule has 0 saturated carbocycles. The normalized spacial score (nSPS) is 11.8. The molecule has 0 aliphatic carbocycles. The van der Waals surface area contributed by atoms with Crippen molar-refractivity contribution in [3.05, 3.63) is 54.1 Å². The number of carbonyl (C=O) groups excluding carboxylic acids is 1. The molecule has 134 valence electrons. The molecule has 0 spiro atoms. The van der Waals surface area contributed by atoms with E-state index >= 15 is 0 Å². The number of thioether (sulfide) groups is 1. The first-order valence-corrected chi connectivity index (χ1v) is 8.95. The first kappa shape index (κ1) is 18.0. The number of ether oxygens (including phenoxy) is 1. The Morgan fingerprint density at radius 2 is 2.00 bits per heavy atom. The summed E-state index contributed by atoms with van der Waals surface area (Å²) in [6, 6.07) is 15.0. The Hall–Kier alpha value is -2.80. The zero-order valence-electron chi connectivity index (χ0n) is 14.7. The minimum absolute atomic E-state index is 0.154. The molecule has 3 rings (SSSR count). The highest BCUT2D eigenvalue weighted by molar-refractivity contribution is 8.00. The average Bonchev–Trinajstić information content (AvgIpc) is 3.10. The minimum atomic E-state index is -0.396. The van der Waals surface area contributed by atoms with Gasteiger partial charge in [0, 0.05) is 17.3 Å². The molecule has 1 atom stereocenters. The second-order valence-electron chi connectivity index (χ2n) is 5.72. The zero-order valence-corrected chi connectivity index (χ0v) is 15.5. The fourth-order valence-corrected chi connectivity index (χ4v) is 2.99. The summed E-state index contributed by atoms with van der Waals surface area (Å²) in [6.45, 7) is 3.79. The fraction of sp³-hybridized carbons (Fsp3) is 0.211. The molecule has 2 aromatic carbocycles. The molecule has 0 radical (unpaired) electrons. The fourth-order valence-electron chi connectivity index (χ4n) is 2.30. The Morgan fingerprint density at radius 3 is 2.77 bits per heavy atom. The van der Waals surface area contributed by atoms with Gasteiger partial charge in [-0.25, -0.2) is 0 Å². The molecule has 0 bridgehead atoms. The van der Waals surface area contributed by atoms with Crippen LogP contribution in [0.2, 0.25) is 0 Å². The lowest BCUT2D eigenvalue weighted by atomic mass is 10.1. The van der Waals surface area contributed by atoms with E-state index < -0.39 is 5.25 Å². The van der Waals surface area contributed by atoms with Crippen LogP contribution in [0.1, 0.15) is 12.5 Å². The molecule has 6 nitrogen and oxygen atoms in total. The standard InChI is InChI=1S/C19H19N3O3S/c1-12-6-4-7-14(10-12)18-21-22-19(25-18)26-13(2)17(23)20-15-8-5-9-16(11-15)24-3/h4-11,13H,1-3H3,(H,20,23)/t13-/m0/s1. The van der Waals surface area contributed by atoms with Gasteiger partial charge in [0.15, 0.2) is 0 Å². The van der Waals surface area contributed by atoms with E-state index in [2.05, 4.69) is 15.5 Å². The summed E-state index contributed by atoms with van der Waals surface area (Å²) in [5.74, 6) is 0.970. The lowest BCUT2D eigenvalue weighted by Gasteiger charge is -2.10. The predicted octanol–water partition coefficient (Wildman–Crippen LogP) is 4.17. The van der Waals surface area contributed by atoms with Crippen LogP contribution in [0.5, 0.6) is 5.75 Å². The molecule has 1 heterocycles. The molecule has 3 aromatic rings. The van der Waals surface area contributed by atoms with Gasteiger partial charge in [-0.3, -0.25) is 4.79 Å². The van der Waals surface area contributed by atoms with E-state index in [0.717, 1.165) is 11.1 Å². The second-order valence-corrected chi connectivity index (χ2v) is 7.02. The zero-order chi connectivity index (χ0) is 18.5. The quantitative estimate of drug-likeness (QED) is 0.657. The summed E-state index contributed by atoms with van der Waals surface area (Å²) in [5.41, 5.74) is 2.64. The SMILES string of the molecule is COc1cccc(NC(=O)[C@H](C)Sc2nnc(-c3cccc(C)c3)o2)c1. The van der Waals surface area contributed by atoms with Crippen molar-refractivity contribution in [3.8, 4) is 17.2 Å². The number of nitrogens with zero attached hydrogens (tertiary/aromatic N) is 2.